The number of amides is 1. The van der Waals surface area contributed by atoms with Crippen molar-refractivity contribution in [1.82, 2.24) is 5.06 Å². The maximum Gasteiger partial charge on any atom is 0.250 e. The number of nitrogens with zero attached hydrogens (tertiary/aromatic N) is 1. The van der Waals surface area contributed by atoms with Gasteiger partial charge in [0.2, 0.25) is 0 Å². The number of hydroxylamine groups is 2. The Balaban J connectivity index is 3.29. The Labute approximate surface area is 109 Å². The molecule has 1 fully saturated rings. The summed E-state index contributed by atoms with van der Waals surface area (Å²) in [4.78, 5) is 11.8. The molecule has 0 aromatic heterocycles. The molecule has 1 heterocycles. The smallest absolute Gasteiger partial charge is 0.250 e. The van der Waals surface area contributed by atoms with Crippen LogP contribution in [0.25, 0.3) is 0 Å². The highest BCUT2D eigenvalue weighted by atomic mass is 16.5. The van der Waals surface area contributed by atoms with Crippen LogP contribution in [-0.2, 0) is 4.79 Å². The molecular weight excluding hydrogens is 230 g/mol. The summed E-state index contributed by atoms with van der Waals surface area (Å²) in [5.41, 5.74) is 0.0933. The highest BCUT2D eigenvalue weighted by Crippen LogP contribution is 2.49. The molecule has 1 rings (SSSR count). The molecule has 4 nitrogen and oxygen atoms in total. The highest BCUT2D eigenvalue weighted by Gasteiger charge is 2.48. The molecule has 2 N–H and O–H groups in total. The summed E-state index contributed by atoms with van der Waals surface area (Å²) in [5, 5.41) is 19.8. The number of hydrogen-bond donors (Lipinski definition) is 2. The highest BCUT2D eigenvalue weighted by molar-refractivity contribution is 5.78. The molecule has 0 aromatic rings. The van der Waals surface area contributed by atoms with Crippen LogP contribution in [0.1, 0.15) is 48.0 Å². The van der Waals surface area contributed by atoms with E-state index in [2.05, 4.69) is 41.5 Å². The van der Waals surface area contributed by atoms with Crippen LogP contribution in [0.4, 0.5) is 0 Å². The molecule has 0 aliphatic carbocycles. The van der Waals surface area contributed by atoms with Crippen molar-refractivity contribution >= 4 is 5.91 Å². The molecule has 0 bridgehead atoms. The van der Waals surface area contributed by atoms with E-state index in [1.165, 1.54) is 0 Å². The maximum absolute atomic E-state index is 11.8. The third-order valence-corrected chi connectivity index (χ3v) is 3.77. The summed E-state index contributed by atoms with van der Waals surface area (Å²) in [6.45, 7) is 12.4. The molecule has 104 valence electrons. The Bertz CT molecular complexity index is 360. The molecule has 1 aliphatic heterocycles. The first-order valence-corrected chi connectivity index (χ1v) is 6.36. The van der Waals surface area contributed by atoms with Gasteiger partial charge >= 0.3 is 0 Å². The van der Waals surface area contributed by atoms with Crippen LogP contribution in [0, 0.1) is 22.7 Å². The lowest BCUT2D eigenvalue weighted by Gasteiger charge is -2.48. The van der Waals surface area contributed by atoms with Crippen LogP contribution in [0.15, 0.2) is 12.0 Å². The van der Waals surface area contributed by atoms with Crippen LogP contribution in [-0.4, -0.2) is 21.3 Å². The van der Waals surface area contributed by atoms with Crippen molar-refractivity contribution in [1.29, 1.82) is 0 Å². The fraction of sp³-hybridized carbons (Fsp3) is 0.786. The van der Waals surface area contributed by atoms with Gasteiger partial charge in [-0.05, 0) is 16.7 Å². The number of carbonyl (C=O) groups is 1. The van der Waals surface area contributed by atoms with Crippen molar-refractivity contribution in [2.24, 2.45) is 22.7 Å². The minimum Gasteiger partial charge on any atom is -0.514 e. The molecule has 2 unspecified atom stereocenters. The Morgan fingerprint density at radius 1 is 1.17 bits per heavy atom. The van der Waals surface area contributed by atoms with Crippen molar-refractivity contribution in [2.75, 3.05) is 0 Å². The van der Waals surface area contributed by atoms with Crippen molar-refractivity contribution in [3.63, 3.8) is 0 Å². The molecule has 1 aliphatic rings. The molecule has 1 saturated heterocycles. The standard InChI is InChI=1S/C14H25NO3/c1-13(2,3)9-7-11(17)15(18)10(8-16)12(9)14(4,5)6/h8-9,12,16,18H,7H2,1-6H3/b10-8+. The second kappa shape index (κ2) is 4.57. The summed E-state index contributed by atoms with van der Waals surface area (Å²) < 4.78 is 0. The minimum absolute atomic E-state index is 0.0646. The fourth-order valence-electron chi connectivity index (χ4n) is 2.86. The van der Waals surface area contributed by atoms with E-state index in [0.29, 0.717) is 17.2 Å². The Morgan fingerprint density at radius 3 is 2.00 bits per heavy atom. The van der Waals surface area contributed by atoms with E-state index < -0.39 is 0 Å². The largest absolute Gasteiger partial charge is 0.514 e. The molecule has 4 heteroatoms. The first-order chi connectivity index (χ1) is 8.00. The van der Waals surface area contributed by atoms with Crippen LogP contribution >= 0.6 is 0 Å². The lowest BCUT2D eigenvalue weighted by atomic mass is 9.60. The zero-order valence-corrected chi connectivity index (χ0v) is 12.2. The number of rotatable bonds is 0. The summed E-state index contributed by atoms with van der Waals surface area (Å²) in [6.07, 6.45) is 1.17. The number of piperidine rings is 1. The van der Waals surface area contributed by atoms with Gasteiger partial charge in [0.05, 0.1) is 5.70 Å². The molecule has 0 spiro atoms. The third-order valence-electron chi connectivity index (χ3n) is 3.77. The molecule has 1 amide bonds. The van der Waals surface area contributed by atoms with Crippen LogP contribution < -0.4 is 0 Å². The van der Waals surface area contributed by atoms with Gasteiger partial charge < -0.3 is 5.11 Å². The van der Waals surface area contributed by atoms with Gasteiger partial charge in [-0.25, -0.2) is 0 Å². The van der Waals surface area contributed by atoms with Crippen LogP contribution in [0.3, 0.4) is 0 Å². The monoisotopic (exact) mass is 255 g/mol. The van der Waals surface area contributed by atoms with Gasteiger partial charge in [-0.1, -0.05) is 41.5 Å². The Morgan fingerprint density at radius 2 is 1.67 bits per heavy atom. The molecule has 0 aromatic carbocycles. The fourth-order valence-corrected chi connectivity index (χ4v) is 2.86. The zero-order chi connectivity index (χ0) is 14.3. The number of hydrogen-bond acceptors (Lipinski definition) is 3. The predicted octanol–water partition coefficient (Wildman–Crippen LogP) is 3.33. The second-order valence-corrected chi connectivity index (χ2v) is 7.28. The third kappa shape index (κ3) is 2.69. The van der Waals surface area contributed by atoms with E-state index >= 15 is 0 Å². The van der Waals surface area contributed by atoms with Gasteiger partial charge in [0, 0.05) is 12.3 Å². The molecule has 0 saturated carbocycles. The second-order valence-electron chi connectivity index (χ2n) is 7.28. The van der Waals surface area contributed by atoms with Gasteiger partial charge in [-0.15, -0.1) is 0 Å². The maximum atomic E-state index is 11.8. The predicted molar refractivity (Wildman–Crippen MR) is 69.9 cm³/mol. The van der Waals surface area contributed by atoms with Gasteiger partial charge in [0.15, 0.2) is 0 Å². The average Bonchev–Trinajstić information content (AvgIpc) is 2.17. The summed E-state index contributed by atoms with van der Waals surface area (Å²) >= 11 is 0. The first-order valence-electron chi connectivity index (χ1n) is 6.36. The number of aliphatic hydroxyl groups is 1. The Hall–Kier alpha value is -1.03. The zero-order valence-electron chi connectivity index (χ0n) is 12.2. The molecule has 18 heavy (non-hydrogen) atoms. The van der Waals surface area contributed by atoms with Crippen molar-refractivity contribution in [2.45, 2.75) is 48.0 Å². The van der Waals surface area contributed by atoms with Gasteiger partial charge in [-0.2, -0.15) is 5.06 Å². The summed E-state index contributed by atoms with van der Waals surface area (Å²) in [6, 6.07) is 0. The molecule has 2 atom stereocenters. The summed E-state index contributed by atoms with van der Waals surface area (Å²) in [7, 11) is 0. The summed E-state index contributed by atoms with van der Waals surface area (Å²) in [5.74, 6) is -0.326. The van der Waals surface area contributed by atoms with Crippen LogP contribution in [0.5, 0.6) is 0 Å². The van der Waals surface area contributed by atoms with Crippen LogP contribution in [0.2, 0.25) is 0 Å². The van der Waals surface area contributed by atoms with E-state index in [1.807, 2.05) is 0 Å². The first kappa shape index (κ1) is 15.0. The average molecular weight is 255 g/mol. The topological polar surface area (TPSA) is 60.8 Å². The van der Waals surface area contributed by atoms with E-state index in [-0.39, 0.29) is 28.6 Å². The minimum atomic E-state index is -0.351. The van der Waals surface area contributed by atoms with Gasteiger partial charge in [-0.3, -0.25) is 10.0 Å². The Kier molecular flexibility index (Phi) is 3.82. The van der Waals surface area contributed by atoms with Crippen molar-refractivity contribution < 1.29 is 15.1 Å². The van der Waals surface area contributed by atoms with Gasteiger partial charge in [0.1, 0.15) is 6.26 Å². The lowest BCUT2D eigenvalue weighted by molar-refractivity contribution is -0.173. The lowest BCUT2D eigenvalue weighted by Crippen LogP contribution is -2.49. The number of allylic oxidation sites excluding steroid dienone is 1. The van der Waals surface area contributed by atoms with Crippen molar-refractivity contribution in [3.8, 4) is 0 Å². The van der Waals surface area contributed by atoms with E-state index in [4.69, 9.17) is 0 Å². The molecular formula is C14H25NO3. The number of aliphatic hydroxyl groups excluding tert-OH is 1. The van der Waals surface area contributed by atoms with Gasteiger partial charge in [0.25, 0.3) is 5.91 Å². The normalized spacial score (nSPS) is 28.9. The SMILES string of the molecule is CC(C)(C)C1CC(=O)N(O)/C(=C/O)C1C(C)(C)C. The quantitative estimate of drug-likeness (QED) is 0.515. The van der Waals surface area contributed by atoms with E-state index in [1.54, 1.807) is 0 Å². The molecule has 0 radical (unpaired) electrons. The number of carbonyl (C=O) groups excluding carboxylic acids is 1. The van der Waals surface area contributed by atoms with Crippen molar-refractivity contribution in [3.05, 3.63) is 12.0 Å². The van der Waals surface area contributed by atoms with E-state index in [0.717, 1.165) is 6.26 Å². The van der Waals surface area contributed by atoms with E-state index in [9.17, 15) is 15.1 Å².